The maximum atomic E-state index is 12.8. The smallest absolute Gasteiger partial charge is 0.267 e. The van der Waals surface area contributed by atoms with Crippen LogP contribution in [0.1, 0.15) is 47.7 Å². The average Bonchev–Trinajstić information content (AvgIpc) is 2.73. The van der Waals surface area contributed by atoms with Crippen LogP contribution in [0, 0.1) is 6.92 Å². The molecule has 1 N–H and O–H groups in total. The van der Waals surface area contributed by atoms with Crippen LogP contribution in [-0.4, -0.2) is 37.4 Å². The molecule has 1 amide bonds. The van der Waals surface area contributed by atoms with Crippen LogP contribution < -0.4 is 5.43 Å². The van der Waals surface area contributed by atoms with Gasteiger partial charge in [-0.1, -0.05) is 42.3 Å². The van der Waals surface area contributed by atoms with Crippen molar-refractivity contribution in [3.63, 3.8) is 0 Å². The molecule has 1 aliphatic heterocycles. The van der Waals surface area contributed by atoms with E-state index in [9.17, 15) is 13.2 Å². The number of nitrogens with one attached hydrogen (secondary N) is 1. The van der Waals surface area contributed by atoms with E-state index < -0.39 is 15.9 Å². The van der Waals surface area contributed by atoms with Crippen molar-refractivity contribution in [2.45, 2.75) is 38.0 Å². The van der Waals surface area contributed by atoms with Crippen molar-refractivity contribution in [3.8, 4) is 0 Å². The Kier molecular flexibility index (Phi) is 6.26. The van der Waals surface area contributed by atoms with Gasteiger partial charge in [0, 0.05) is 18.7 Å². The SMILES string of the molecule is C/C(=N\NC(=O)c1cccc(S(=O)(=O)N2CCCCC2)c1)c1ccc(C)cc1. The fraction of sp³-hybridized carbons (Fsp3) is 0.333. The van der Waals surface area contributed by atoms with Gasteiger partial charge in [0.05, 0.1) is 10.6 Å². The highest BCUT2D eigenvalue weighted by Gasteiger charge is 2.26. The number of rotatable bonds is 5. The number of nitrogens with zero attached hydrogens (tertiary/aromatic N) is 2. The van der Waals surface area contributed by atoms with E-state index in [0.29, 0.717) is 18.8 Å². The number of amides is 1. The molecule has 0 atom stereocenters. The summed E-state index contributed by atoms with van der Waals surface area (Å²) in [4.78, 5) is 12.6. The second-order valence-electron chi connectivity index (χ2n) is 7.00. The molecule has 0 aliphatic carbocycles. The molecule has 1 heterocycles. The lowest BCUT2D eigenvalue weighted by Crippen LogP contribution is -2.35. The molecule has 1 aliphatic rings. The zero-order valence-electron chi connectivity index (χ0n) is 16.2. The van der Waals surface area contributed by atoms with E-state index in [2.05, 4.69) is 10.5 Å². The van der Waals surface area contributed by atoms with E-state index in [0.717, 1.165) is 30.4 Å². The Hall–Kier alpha value is -2.51. The number of carbonyl (C=O) groups excluding carboxylic acids is 1. The van der Waals surface area contributed by atoms with E-state index in [1.165, 1.54) is 16.4 Å². The van der Waals surface area contributed by atoms with Crippen LogP contribution in [0.25, 0.3) is 0 Å². The number of hydrogen-bond donors (Lipinski definition) is 1. The Morgan fingerprint density at radius 1 is 1.00 bits per heavy atom. The number of carbonyl (C=O) groups is 1. The van der Waals surface area contributed by atoms with E-state index in [4.69, 9.17) is 0 Å². The fourth-order valence-corrected chi connectivity index (χ4v) is 4.67. The molecule has 3 rings (SSSR count). The number of benzene rings is 2. The van der Waals surface area contributed by atoms with Crippen molar-refractivity contribution in [3.05, 3.63) is 65.2 Å². The van der Waals surface area contributed by atoms with Crippen LogP contribution in [0.3, 0.4) is 0 Å². The molecule has 0 saturated carbocycles. The molecule has 1 saturated heterocycles. The highest BCUT2D eigenvalue weighted by atomic mass is 32.2. The number of hydrogen-bond acceptors (Lipinski definition) is 4. The van der Waals surface area contributed by atoms with Crippen molar-refractivity contribution in [2.24, 2.45) is 5.10 Å². The summed E-state index contributed by atoms with van der Waals surface area (Å²) < 4.78 is 27.1. The summed E-state index contributed by atoms with van der Waals surface area (Å²) in [6.45, 7) is 4.86. The standard InChI is InChI=1S/C21H25N3O3S/c1-16-9-11-18(12-10-16)17(2)22-23-21(25)19-7-6-8-20(15-19)28(26,27)24-13-4-3-5-14-24/h6-12,15H,3-5,13-14H2,1-2H3,(H,23,25)/b22-17+. The van der Waals surface area contributed by atoms with Crippen LogP contribution >= 0.6 is 0 Å². The van der Waals surface area contributed by atoms with E-state index in [1.54, 1.807) is 12.1 Å². The molecule has 2 aromatic carbocycles. The van der Waals surface area contributed by atoms with Gasteiger partial charge in [0.2, 0.25) is 10.0 Å². The van der Waals surface area contributed by atoms with Gasteiger partial charge in [-0.05, 0) is 50.5 Å². The molecule has 0 unspecified atom stereocenters. The number of hydrazone groups is 1. The Labute approximate surface area is 166 Å². The summed E-state index contributed by atoms with van der Waals surface area (Å²) in [5, 5.41) is 4.14. The summed E-state index contributed by atoms with van der Waals surface area (Å²) in [6.07, 6.45) is 2.78. The van der Waals surface area contributed by atoms with Gasteiger partial charge in [0.25, 0.3) is 5.91 Å². The normalized spacial score (nSPS) is 16.0. The number of aryl methyl sites for hydroxylation is 1. The Morgan fingerprint density at radius 2 is 1.68 bits per heavy atom. The lowest BCUT2D eigenvalue weighted by molar-refractivity contribution is 0.0954. The first-order chi connectivity index (χ1) is 13.4. The zero-order valence-corrected chi connectivity index (χ0v) is 17.0. The largest absolute Gasteiger partial charge is 0.271 e. The van der Waals surface area contributed by atoms with Crippen molar-refractivity contribution < 1.29 is 13.2 Å². The molecule has 0 spiro atoms. The van der Waals surface area contributed by atoms with E-state index >= 15 is 0 Å². The number of piperidine rings is 1. The van der Waals surface area contributed by atoms with Gasteiger partial charge in [-0.15, -0.1) is 0 Å². The lowest BCUT2D eigenvalue weighted by Gasteiger charge is -2.25. The third-order valence-electron chi connectivity index (χ3n) is 4.84. The first-order valence-corrected chi connectivity index (χ1v) is 10.8. The minimum Gasteiger partial charge on any atom is -0.267 e. The second-order valence-corrected chi connectivity index (χ2v) is 8.93. The molecular weight excluding hydrogens is 374 g/mol. The number of sulfonamides is 1. The minimum atomic E-state index is -3.58. The maximum absolute atomic E-state index is 12.8. The van der Waals surface area contributed by atoms with Crippen molar-refractivity contribution in [1.82, 2.24) is 9.73 Å². The van der Waals surface area contributed by atoms with Gasteiger partial charge in [0.1, 0.15) is 0 Å². The average molecular weight is 400 g/mol. The summed E-state index contributed by atoms with van der Waals surface area (Å²) in [7, 11) is -3.58. The summed E-state index contributed by atoms with van der Waals surface area (Å²) >= 11 is 0. The zero-order chi connectivity index (χ0) is 20.1. The summed E-state index contributed by atoms with van der Waals surface area (Å²) in [5.41, 5.74) is 5.50. The first-order valence-electron chi connectivity index (χ1n) is 9.40. The van der Waals surface area contributed by atoms with Crippen molar-refractivity contribution in [2.75, 3.05) is 13.1 Å². The first kappa shape index (κ1) is 20.2. The highest BCUT2D eigenvalue weighted by molar-refractivity contribution is 7.89. The summed E-state index contributed by atoms with van der Waals surface area (Å²) in [5.74, 6) is -0.442. The molecule has 7 heteroatoms. The quantitative estimate of drug-likeness (QED) is 0.619. The highest BCUT2D eigenvalue weighted by Crippen LogP contribution is 2.21. The predicted octanol–water partition coefficient (Wildman–Crippen LogP) is 3.32. The van der Waals surface area contributed by atoms with Crippen LogP contribution in [0.15, 0.2) is 58.5 Å². The minimum absolute atomic E-state index is 0.140. The fourth-order valence-electron chi connectivity index (χ4n) is 3.11. The molecule has 2 aromatic rings. The van der Waals surface area contributed by atoms with Gasteiger partial charge in [-0.3, -0.25) is 4.79 Å². The van der Waals surface area contributed by atoms with Crippen LogP contribution in [-0.2, 0) is 10.0 Å². The molecule has 0 radical (unpaired) electrons. The molecule has 1 fully saturated rings. The predicted molar refractivity (Wildman–Crippen MR) is 110 cm³/mol. The molecule has 28 heavy (non-hydrogen) atoms. The third-order valence-corrected chi connectivity index (χ3v) is 6.74. The van der Waals surface area contributed by atoms with E-state index in [-0.39, 0.29) is 10.5 Å². The Morgan fingerprint density at radius 3 is 2.36 bits per heavy atom. The van der Waals surface area contributed by atoms with Crippen LogP contribution in [0.5, 0.6) is 0 Å². The van der Waals surface area contributed by atoms with Crippen LogP contribution in [0.2, 0.25) is 0 Å². The van der Waals surface area contributed by atoms with Gasteiger partial charge in [-0.2, -0.15) is 9.41 Å². The van der Waals surface area contributed by atoms with Crippen molar-refractivity contribution >= 4 is 21.6 Å². The van der Waals surface area contributed by atoms with Crippen LogP contribution in [0.4, 0.5) is 0 Å². The monoisotopic (exact) mass is 399 g/mol. The second kappa shape index (κ2) is 8.67. The van der Waals surface area contributed by atoms with Gasteiger partial charge < -0.3 is 0 Å². The molecule has 6 nitrogen and oxygen atoms in total. The molecule has 148 valence electrons. The van der Waals surface area contributed by atoms with Gasteiger partial charge >= 0.3 is 0 Å². The molecule has 0 bridgehead atoms. The lowest BCUT2D eigenvalue weighted by atomic mass is 10.1. The molecular formula is C21H25N3O3S. The van der Waals surface area contributed by atoms with Crippen molar-refractivity contribution in [1.29, 1.82) is 0 Å². The van der Waals surface area contributed by atoms with Gasteiger partial charge in [-0.25, -0.2) is 13.8 Å². The summed E-state index contributed by atoms with van der Waals surface area (Å²) in [6, 6.07) is 13.9. The topological polar surface area (TPSA) is 78.8 Å². The van der Waals surface area contributed by atoms with Gasteiger partial charge in [0.15, 0.2) is 0 Å². The Balaban J connectivity index is 1.75. The maximum Gasteiger partial charge on any atom is 0.271 e. The molecule has 0 aromatic heterocycles. The Bertz CT molecular complexity index is 976. The third kappa shape index (κ3) is 4.66. The van der Waals surface area contributed by atoms with E-state index in [1.807, 2.05) is 38.1 Å².